The van der Waals surface area contributed by atoms with E-state index in [2.05, 4.69) is 16.4 Å². The number of nitro groups is 1. The summed E-state index contributed by atoms with van der Waals surface area (Å²) in [6.45, 7) is 0. The number of aryl methyl sites for hydroxylation is 1. The zero-order valence-electron chi connectivity index (χ0n) is 13.0. The number of non-ortho nitro benzene ring substituents is 1. The van der Waals surface area contributed by atoms with Gasteiger partial charge in [-0.3, -0.25) is 14.9 Å². The second-order valence-electron chi connectivity index (χ2n) is 5.90. The van der Waals surface area contributed by atoms with Gasteiger partial charge in [0.2, 0.25) is 0 Å². The molecule has 2 aliphatic rings. The fraction of sp³-hybridized carbons (Fsp3) is 0.235. The van der Waals surface area contributed by atoms with Gasteiger partial charge in [-0.25, -0.2) is 4.99 Å². The second-order valence-corrected chi connectivity index (χ2v) is 6.99. The molecule has 0 unspecified atom stereocenters. The first kappa shape index (κ1) is 15.5. The molecular weight excluding hydrogens is 340 g/mol. The molecular formula is C17H12N4O3S. The first-order valence-electron chi connectivity index (χ1n) is 7.82. The lowest BCUT2D eigenvalue weighted by molar-refractivity contribution is -0.384. The lowest BCUT2D eigenvalue weighted by Crippen LogP contribution is -2.13. The van der Waals surface area contributed by atoms with Crippen LogP contribution in [0.1, 0.15) is 34.4 Å². The Hall–Kier alpha value is -3.05. The average Bonchev–Trinajstić information content (AvgIpc) is 3.11. The van der Waals surface area contributed by atoms with Gasteiger partial charge in [0, 0.05) is 22.6 Å². The molecule has 4 rings (SSSR count). The maximum absolute atomic E-state index is 12.3. The van der Waals surface area contributed by atoms with Crippen molar-refractivity contribution < 1.29 is 9.72 Å². The molecule has 1 aromatic carbocycles. The molecule has 0 atom stereocenters. The molecule has 8 heteroatoms. The standard InChI is InChI=1S/C17H12N4O3S/c18-8-12-10-3-1-2-4-14(10)25-17(12)20-15-11-7-9(21(23)24)5-6-13(11)19-16(15)22/h5-7H,1-4H2,(H,19,20,22). The van der Waals surface area contributed by atoms with Gasteiger partial charge in [-0.05, 0) is 37.3 Å². The van der Waals surface area contributed by atoms with Gasteiger partial charge < -0.3 is 5.32 Å². The van der Waals surface area contributed by atoms with Gasteiger partial charge in [0.1, 0.15) is 16.8 Å². The maximum Gasteiger partial charge on any atom is 0.275 e. The summed E-state index contributed by atoms with van der Waals surface area (Å²) in [5.41, 5.74) is 2.47. The third kappa shape index (κ3) is 2.49. The number of nitriles is 1. The molecule has 0 radical (unpaired) electrons. The number of hydrogen-bond acceptors (Lipinski definition) is 6. The summed E-state index contributed by atoms with van der Waals surface area (Å²) in [5.74, 6) is -0.411. The van der Waals surface area contributed by atoms with Crippen molar-refractivity contribution in [2.45, 2.75) is 25.7 Å². The summed E-state index contributed by atoms with van der Waals surface area (Å²) in [6.07, 6.45) is 3.91. The Morgan fingerprint density at radius 1 is 1.32 bits per heavy atom. The van der Waals surface area contributed by atoms with Gasteiger partial charge in [-0.15, -0.1) is 11.3 Å². The summed E-state index contributed by atoms with van der Waals surface area (Å²) in [4.78, 5) is 28.3. The largest absolute Gasteiger partial charge is 0.320 e. The molecule has 1 aliphatic carbocycles. The van der Waals surface area contributed by atoms with Crippen LogP contribution in [0.15, 0.2) is 23.2 Å². The lowest BCUT2D eigenvalue weighted by atomic mass is 9.96. The number of hydrogen-bond donors (Lipinski definition) is 1. The molecule has 1 aromatic heterocycles. The quantitative estimate of drug-likeness (QED) is 0.659. The molecule has 2 heterocycles. The number of anilines is 1. The summed E-state index contributed by atoms with van der Waals surface area (Å²) in [6, 6.07) is 6.39. The van der Waals surface area contributed by atoms with E-state index in [1.165, 1.54) is 29.5 Å². The number of rotatable bonds is 2. The molecule has 0 saturated heterocycles. The first-order valence-corrected chi connectivity index (χ1v) is 8.63. The van der Waals surface area contributed by atoms with Crippen LogP contribution in [-0.4, -0.2) is 16.5 Å². The van der Waals surface area contributed by atoms with Gasteiger partial charge in [0.05, 0.1) is 16.2 Å². The molecule has 0 spiro atoms. The third-order valence-electron chi connectivity index (χ3n) is 4.41. The highest BCUT2D eigenvalue weighted by Crippen LogP contribution is 2.40. The van der Waals surface area contributed by atoms with Crippen LogP contribution in [-0.2, 0) is 17.6 Å². The fourth-order valence-corrected chi connectivity index (χ4v) is 4.43. The van der Waals surface area contributed by atoms with Gasteiger partial charge in [-0.2, -0.15) is 5.26 Å². The number of thiophene rings is 1. The van der Waals surface area contributed by atoms with Crippen LogP contribution in [0.2, 0.25) is 0 Å². The fourth-order valence-electron chi connectivity index (χ4n) is 3.21. The van der Waals surface area contributed by atoms with E-state index < -0.39 is 10.8 Å². The van der Waals surface area contributed by atoms with E-state index >= 15 is 0 Å². The molecule has 0 fully saturated rings. The van der Waals surface area contributed by atoms with Crippen molar-refractivity contribution in [3.8, 4) is 6.07 Å². The number of carbonyl (C=O) groups excluding carboxylic acids is 1. The predicted octanol–water partition coefficient (Wildman–Crippen LogP) is 3.48. The van der Waals surface area contributed by atoms with Gasteiger partial charge >= 0.3 is 0 Å². The number of benzene rings is 1. The molecule has 2 aromatic rings. The van der Waals surface area contributed by atoms with Crippen molar-refractivity contribution in [1.29, 1.82) is 5.26 Å². The highest BCUT2D eigenvalue weighted by Gasteiger charge is 2.29. The zero-order valence-corrected chi connectivity index (χ0v) is 13.9. The Morgan fingerprint density at radius 3 is 2.88 bits per heavy atom. The van der Waals surface area contributed by atoms with Crippen molar-refractivity contribution in [3.05, 3.63) is 49.9 Å². The summed E-state index contributed by atoms with van der Waals surface area (Å²) < 4.78 is 0. The minimum Gasteiger partial charge on any atom is -0.320 e. The van der Waals surface area contributed by atoms with Crippen LogP contribution in [0.4, 0.5) is 16.4 Å². The van der Waals surface area contributed by atoms with Crippen molar-refractivity contribution in [1.82, 2.24) is 0 Å². The van der Waals surface area contributed by atoms with E-state index in [0.29, 0.717) is 21.8 Å². The van der Waals surface area contributed by atoms with Crippen LogP contribution in [0.5, 0.6) is 0 Å². The van der Waals surface area contributed by atoms with Gasteiger partial charge in [-0.1, -0.05) is 0 Å². The number of nitrogens with one attached hydrogen (secondary N) is 1. The number of fused-ring (bicyclic) bond motifs is 2. The predicted molar refractivity (Wildman–Crippen MR) is 93.6 cm³/mol. The zero-order chi connectivity index (χ0) is 17.6. The Kier molecular flexibility index (Phi) is 3.58. The first-order chi connectivity index (χ1) is 12.1. The Bertz CT molecular complexity index is 1000. The van der Waals surface area contributed by atoms with Crippen molar-refractivity contribution in [3.63, 3.8) is 0 Å². The molecule has 0 saturated carbocycles. The second kappa shape index (κ2) is 5.79. The van der Waals surface area contributed by atoms with Crippen LogP contribution in [0.3, 0.4) is 0 Å². The van der Waals surface area contributed by atoms with Crippen LogP contribution in [0.25, 0.3) is 0 Å². The number of nitro benzene ring substituents is 1. The minimum atomic E-state index is -0.509. The molecule has 1 aliphatic heterocycles. The number of aliphatic imine (C=N–C) groups is 1. The SMILES string of the molecule is N#Cc1c(N=C2C(=O)Nc3ccc([N+](=O)[O-])cc32)sc2c1CCCC2. The van der Waals surface area contributed by atoms with E-state index in [0.717, 1.165) is 36.1 Å². The van der Waals surface area contributed by atoms with E-state index in [-0.39, 0.29) is 11.4 Å². The van der Waals surface area contributed by atoms with Crippen LogP contribution < -0.4 is 5.32 Å². The number of nitrogens with zero attached hydrogens (tertiary/aromatic N) is 3. The Labute approximate surface area is 146 Å². The highest BCUT2D eigenvalue weighted by atomic mass is 32.1. The van der Waals surface area contributed by atoms with Gasteiger partial charge in [0.15, 0.2) is 0 Å². The minimum absolute atomic E-state index is 0.103. The molecule has 7 nitrogen and oxygen atoms in total. The van der Waals surface area contributed by atoms with E-state index in [4.69, 9.17) is 0 Å². The smallest absolute Gasteiger partial charge is 0.275 e. The van der Waals surface area contributed by atoms with Gasteiger partial charge in [0.25, 0.3) is 11.6 Å². The average molecular weight is 352 g/mol. The van der Waals surface area contributed by atoms with E-state index in [1.807, 2.05) is 0 Å². The molecule has 1 amide bonds. The molecule has 124 valence electrons. The summed E-state index contributed by atoms with van der Waals surface area (Å²) >= 11 is 1.44. The van der Waals surface area contributed by atoms with Crippen molar-refractivity contribution in [2.75, 3.05) is 5.32 Å². The lowest BCUT2D eigenvalue weighted by Gasteiger charge is -2.09. The Morgan fingerprint density at radius 2 is 2.12 bits per heavy atom. The Balaban J connectivity index is 1.85. The molecule has 0 bridgehead atoms. The molecule has 25 heavy (non-hydrogen) atoms. The van der Waals surface area contributed by atoms with E-state index in [9.17, 15) is 20.2 Å². The van der Waals surface area contributed by atoms with Crippen molar-refractivity contribution in [2.24, 2.45) is 4.99 Å². The van der Waals surface area contributed by atoms with Crippen LogP contribution >= 0.6 is 11.3 Å². The topological polar surface area (TPSA) is 108 Å². The molecule has 1 N–H and O–H groups in total. The van der Waals surface area contributed by atoms with Crippen LogP contribution in [0, 0.1) is 21.4 Å². The van der Waals surface area contributed by atoms with Crippen molar-refractivity contribution >= 4 is 39.3 Å². The number of carbonyl (C=O) groups is 1. The summed E-state index contributed by atoms with van der Waals surface area (Å²) in [5, 5.41) is 23.7. The number of amides is 1. The highest BCUT2D eigenvalue weighted by molar-refractivity contribution is 7.16. The van der Waals surface area contributed by atoms with E-state index in [1.54, 1.807) is 0 Å². The summed E-state index contributed by atoms with van der Waals surface area (Å²) in [7, 11) is 0. The third-order valence-corrected chi connectivity index (χ3v) is 5.60. The normalized spacial score (nSPS) is 16.9. The maximum atomic E-state index is 12.3. The monoisotopic (exact) mass is 352 g/mol.